The van der Waals surface area contributed by atoms with Crippen LogP contribution in [0.4, 0.5) is 0 Å². The van der Waals surface area contributed by atoms with Crippen molar-refractivity contribution in [3.05, 3.63) is 40.8 Å². The first-order valence-corrected chi connectivity index (χ1v) is 6.50. The molecule has 0 saturated heterocycles. The Morgan fingerprint density at radius 3 is 2.84 bits per heavy atom. The number of rotatable bonds is 3. The van der Waals surface area contributed by atoms with E-state index in [1.54, 1.807) is 0 Å². The molecular formula is C14H13ClN2O2. The van der Waals surface area contributed by atoms with Crippen LogP contribution in [0.5, 0.6) is 0 Å². The lowest BCUT2D eigenvalue weighted by Gasteiger charge is -2.00. The van der Waals surface area contributed by atoms with Gasteiger partial charge in [-0.3, -0.25) is 4.79 Å². The van der Waals surface area contributed by atoms with Crippen LogP contribution in [-0.4, -0.2) is 21.0 Å². The van der Waals surface area contributed by atoms with Gasteiger partial charge in [-0.1, -0.05) is 29.8 Å². The number of carboxylic acids is 1. The highest BCUT2D eigenvalue weighted by molar-refractivity contribution is 6.33. The monoisotopic (exact) mass is 276 g/mol. The second-order valence-electron chi connectivity index (χ2n) is 4.86. The van der Waals surface area contributed by atoms with Gasteiger partial charge < -0.3 is 10.1 Å². The van der Waals surface area contributed by atoms with Crippen LogP contribution in [0.25, 0.3) is 11.3 Å². The van der Waals surface area contributed by atoms with Crippen molar-refractivity contribution < 1.29 is 9.90 Å². The smallest absolute Gasteiger partial charge is 0.307 e. The second-order valence-corrected chi connectivity index (χ2v) is 5.27. The maximum absolute atomic E-state index is 10.9. The van der Waals surface area contributed by atoms with E-state index in [4.69, 9.17) is 16.7 Å². The van der Waals surface area contributed by atoms with Gasteiger partial charge in [-0.2, -0.15) is 0 Å². The third kappa shape index (κ3) is 2.12. The van der Waals surface area contributed by atoms with E-state index < -0.39 is 5.97 Å². The first-order chi connectivity index (χ1) is 9.08. The largest absolute Gasteiger partial charge is 0.481 e. The lowest BCUT2D eigenvalue weighted by Crippen LogP contribution is -1.99. The number of hydrogen-bond acceptors (Lipinski definition) is 2. The van der Waals surface area contributed by atoms with E-state index in [1.165, 1.54) is 0 Å². The van der Waals surface area contributed by atoms with Crippen LogP contribution in [0.15, 0.2) is 24.3 Å². The molecule has 4 nitrogen and oxygen atoms in total. The normalized spacial score (nSPS) is 21.4. The molecule has 5 heteroatoms. The third-order valence-electron chi connectivity index (χ3n) is 3.49. The number of aromatic nitrogens is 2. The summed E-state index contributed by atoms with van der Waals surface area (Å²) >= 11 is 6.17. The van der Waals surface area contributed by atoms with Gasteiger partial charge in [-0.25, -0.2) is 4.98 Å². The minimum absolute atomic E-state index is 0.00689. The van der Waals surface area contributed by atoms with E-state index in [9.17, 15) is 4.79 Å². The molecular weight excluding hydrogens is 264 g/mol. The molecule has 1 fully saturated rings. The zero-order chi connectivity index (χ0) is 13.6. The fourth-order valence-electron chi connectivity index (χ4n) is 2.34. The van der Waals surface area contributed by atoms with Crippen LogP contribution in [0.1, 0.15) is 23.9 Å². The fourth-order valence-corrected chi connectivity index (χ4v) is 2.57. The van der Waals surface area contributed by atoms with Gasteiger partial charge in [0.1, 0.15) is 5.82 Å². The van der Waals surface area contributed by atoms with Gasteiger partial charge in [-0.15, -0.1) is 0 Å². The van der Waals surface area contributed by atoms with Gasteiger partial charge >= 0.3 is 5.97 Å². The van der Waals surface area contributed by atoms with E-state index in [1.807, 2.05) is 31.2 Å². The molecule has 2 atom stereocenters. The molecule has 0 bridgehead atoms. The lowest BCUT2D eigenvalue weighted by atomic mass is 10.1. The number of benzene rings is 1. The van der Waals surface area contributed by atoms with Gasteiger partial charge in [0.25, 0.3) is 0 Å². The Labute approximate surface area is 115 Å². The zero-order valence-corrected chi connectivity index (χ0v) is 11.1. The van der Waals surface area contributed by atoms with Crippen LogP contribution < -0.4 is 0 Å². The molecule has 1 saturated carbocycles. The van der Waals surface area contributed by atoms with E-state index in [2.05, 4.69) is 9.97 Å². The number of aromatic amines is 1. The number of aryl methyl sites for hydroxylation is 1. The molecule has 2 unspecified atom stereocenters. The molecule has 1 aliphatic rings. The Hall–Kier alpha value is -1.81. The maximum Gasteiger partial charge on any atom is 0.307 e. The topological polar surface area (TPSA) is 66.0 Å². The quantitative estimate of drug-likeness (QED) is 0.904. The summed E-state index contributed by atoms with van der Waals surface area (Å²) in [5, 5.41) is 9.61. The lowest BCUT2D eigenvalue weighted by molar-refractivity contribution is -0.138. The van der Waals surface area contributed by atoms with Crippen LogP contribution in [0, 0.1) is 12.8 Å². The number of imidazole rings is 1. The first kappa shape index (κ1) is 12.2. The molecule has 0 aliphatic heterocycles. The highest BCUT2D eigenvalue weighted by atomic mass is 35.5. The third-order valence-corrected chi connectivity index (χ3v) is 3.82. The van der Waals surface area contributed by atoms with Gasteiger partial charge in [0.2, 0.25) is 0 Å². The molecule has 1 aromatic heterocycles. The molecule has 0 amide bonds. The Kier molecular flexibility index (Phi) is 2.82. The molecule has 2 aromatic rings. The van der Waals surface area contributed by atoms with E-state index >= 15 is 0 Å². The molecule has 1 heterocycles. The highest BCUT2D eigenvalue weighted by Gasteiger charge is 2.46. The molecule has 98 valence electrons. The summed E-state index contributed by atoms with van der Waals surface area (Å²) in [7, 11) is 0. The van der Waals surface area contributed by atoms with Crippen LogP contribution in [-0.2, 0) is 4.79 Å². The summed E-state index contributed by atoms with van der Waals surface area (Å²) in [6.07, 6.45) is 0.657. The SMILES string of the molecule is Cc1[nH]c(C2CC2C(=O)O)nc1-c1ccccc1Cl. The number of hydrogen-bond donors (Lipinski definition) is 2. The summed E-state index contributed by atoms with van der Waals surface area (Å²) in [6, 6.07) is 7.51. The number of nitrogens with one attached hydrogen (secondary N) is 1. The maximum atomic E-state index is 10.9. The summed E-state index contributed by atoms with van der Waals surface area (Å²) in [5.41, 5.74) is 2.59. The van der Waals surface area contributed by atoms with E-state index in [0.717, 1.165) is 22.8 Å². The van der Waals surface area contributed by atoms with Crippen molar-refractivity contribution in [3.8, 4) is 11.3 Å². The van der Waals surface area contributed by atoms with Gasteiger partial charge in [0.15, 0.2) is 0 Å². The number of aliphatic carboxylic acids is 1. The summed E-state index contributed by atoms with van der Waals surface area (Å²) in [5.74, 6) is -0.296. The Morgan fingerprint density at radius 1 is 1.47 bits per heavy atom. The number of halogens is 1. The van der Waals surface area contributed by atoms with Gasteiger partial charge in [0.05, 0.1) is 16.6 Å². The molecule has 3 rings (SSSR count). The first-order valence-electron chi connectivity index (χ1n) is 6.12. The summed E-state index contributed by atoms with van der Waals surface area (Å²) in [4.78, 5) is 18.6. The average molecular weight is 277 g/mol. The van der Waals surface area contributed by atoms with Crippen molar-refractivity contribution in [2.75, 3.05) is 0 Å². The number of nitrogens with zero attached hydrogens (tertiary/aromatic N) is 1. The van der Waals surface area contributed by atoms with Crippen LogP contribution in [0.3, 0.4) is 0 Å². The molecule has 1 aliphatic carbocycles. The molecule has 1 aromatic carbocycles. The van der Waals surface area contributed by atoms with Crippen molar-refractivity contribution >= 4 is 17.6 Å². The van der Waals surface area contributed by atoms with Crippen molar-refractivity contribution in [2.45, 2.75) is 19.3 Å². The molecule has 0 radical (unpaired) electrons. The van der Waals surface area contributed by atoms with Crippen molar-refractivity contribution in [1.29, 1.82) is 0 Å². The predicted molar refractivity (Wildman–Crippen MR) is 72.3 cm³/mol. The minimum Gasteiger partial charge on any atom is -0.481 e. The highest BCUT2D eigenvalue weighted by Crippen LogP contribution is 2.47. The van der Waals surface area contributed by atoms with E-state index in [-0.39, 0.29) is 11.8 Å². The molecule has 0 spiro atoms. The number of carboxylic acid groups (broad SMARTS) is 1. The molecule has 19 heavy (non-hydrogen) atoms. The van der Waals surface area contributed by atoms with Crippen molar-refractivity contribution in [1.82, 2.24) is 9.97 Å². The Balaban J connectivity index is 1.95. The standard InChI is InChI=1S/C14H13ClN2O2/c1-7-12(8-4-2-3-5-11(8)15)17-13(16-7)9-6-10(9)14(18)19/h2-5,9-10H,6H2,1H3,(H,16,17)(H,18,19). The van der Waals surface area contributed by atoms with Crippen molar-refractivity contribution in [3.63, 3.8) is 0 Å². The van der Waals surface area contributed by atoms with Crippen LogP contribution >= 0.6 is 11.6 Å². The molecule has 2 N–H and O–H groups in total. The summed E-state index contributed by atoms with van der Waals surface area (Å²) in [6.45, 7) is 1.92. The fraction of sp³-hybridized carbons (Fsp3) is 0.286. The summed E-state index contributed by atoms with van der Waals surface area (Å²) < 4.78 is 0. The Morgan fingerprint density at radius 2 is 2.21 bits per heavy atom. The Bertz CT molecular complexity index is 651. The predicted octanol–water partition coefficient (Wildman–Crippen LogP) is 3.23. The second kappa shape index (κ2) is 4.38. The van der Waals surface area contributed by atoms with Gasteiger partial charge in [0, 0.05) is 17.2 Å². The number of H-pyrrole nitrogens is 1. The number of carbonyl (C=O) groups is 1. The average Bonchev–Trinajstić information content (AvgIpc) is 3.08. The van der Waals surface area contributed by atoms with E-state index in [0.29, 0.717) is 11.4 Å². The minimum atomic E-state index is -0.752. The van der Waals surface area contributed by atoms with Crippen LogP contribution in [0.2, 0.25) is 5.02 Å². The zero-order valence-electron chi connectivity index (χ0n) is 10.4. The van der Waals surface area contributed by atoms with Crippen molar-refractivity contribution in [2.24, 2.45) is 5.92 Å². The van der Waals surface area contributed by atoms with Gasteiger partial charge in [-0.05, 0) is 19.4 Å².